The molecule has 0 radical (unpaired) electrons. The zero-order chi connectivity index (χ0) is 28.3. The van der Waals surface area contributed by atoms with Crippen LogP contribution in [-0.4, -0.2) is 50.3 Å². The highest BCUT2D eigenvalue weighted by Crippen LogP contribution is 2.39. The van der Waals surface area contributed by atoms with Crippen molar-refractivity contribution in [2.45, 2.75) is 63.8 Å². The Morgan fingerprint density at radius 2 is 1.75 bits per heavy atom. The van der Waals surface area contributed by atoms with Crippen molar-refractivity contribution in [3.63, 3.8) is 0 Å². The number of likely N-dealkylation sites (tertiary alicyclic amines) is 1. The van der Waals surface area contributed by atoms with Gasteiger partial charge in [0, 0.05) is 18.5 Å². The molecule has 1 saturated carbocycles. The van der Waals surface area contributed by atoms with Crippen LogP contribution < -0.4 is 10.6 Å². The summed E-state index contributed by atoms with van der Waals surface area (Å²) in [7, 11) is 0. The van der Waals surface area contributed by atoms with Crippen LogP contribution in [0.15, 0.2) is 52.9 Å². The fourth-order valence-electron chi connectivity index (χ4n) is 6.01. The molecule has 2 heterocycles. The van der Waals surface area contributed by atoms with E-state index in [-0.39, 0.29) is 35.5 Å². The zero-order valence-corrected chi connectivity index (χ0v) is 22.3. The van der Waals surface area contributed by atoms with Crippen molar-refractivity contribution in [1.29, 1.82) is 0 Å². The Morgan fingerprint density at radius 1 is 1.02 bits per heavy atom. The standard InChI is InChI=1S/C29H32FN5O5/c1-18-5-4-16-35(18,29(38)39)25(36)17-19-8-10-20(11-9-19)21-12-14-22(15-13-21)31-26(37)27-33-34-28(40-27)32-24-7-3-2-6-23(24)30/h2-3,6-7,12-15,18-20H,4-5,8-11,16-17H2,1H3,(H2-,31,32,34,37,38,39)/p+1/t18-,19?,20?,35?/m1/s1. The number of nitrogens with zero attached hydrogens (tertiary/aromatic N) is 3. The molecule has 3 N–H and O–H groups in total. The second kappa shape index (κ2) is 11.5. The number of anilines is 3. The molecule has 3 amide bonds. The van der Waals surface area contributed by atoms with Crippen molar-refractivity contribution in [3.8, 4) is 0 Å². The minimum Gasteiger partial charge on any atom is -0.435 e. The third kappa shape index (κ3) is 5.60. The van der Waals surface area contributed by atoms with Gasteiger partial charge in [-0.15, -0.1) is 5.10 Å². The topological polar surface area (TPSA) is 134 Å². The number of rotatable bonds is 7. The van der Waals surface area contributed by atoms with Gasteiger partial charge in [-0.3, -0.25) is 4.79 Å². The third-order valence-corrected chi connectivity index (χ3v) is 8.36. The second-order valence-corrected chi connectivity index (χ2v) is 10.8. The lowest BCUT2D eigenvalue weighted by molar-refractivity contribution is -0.792. The maximum atomic E-state index is 13.8. The minimum atomic E-state index is -1.02. The molecule has 1 saturated heterocycles. The van der Waals surface area contributed by atoms with E-state index < -0.39 is 22.3 Å². The number of hydrogen-bond donors (Lipinski definition) is 3. The Balaban J connectivity index is 1.12. The van der Waals surface area contributed by atoms with E-state index in [0.717, 1.165) is 44.1 Å². The number of nitrogens with one attached hydrogen (secondary N) is 2. The number of imide groups is 1. The SMILES string of the molecule is C[C@@H]1CCC[N+]1(C(=O)O)C(=O)CC1CCC(c2ccc(NC(=O)c3nnc(Nc4ccccc4F)o3)cc2)CC1. The number of amides is 3. The van der Waals surface area contributed by atoms with Crippen LogP contribution in [0.2, 0.25) is 0 Å². The van der Waals surface area contributed by atoms with E-state index in [2.05, 4.69) is 20.8 Å². The lowest BCUT2D eigenvalue weighted by atomic mass is 9.77. The van der Waals surface area contributed by atoms with E-state index in [1.54, 1.807) is 12.1 Å². The molecule has 210 valence electrons. The van der Waals surface area contributed by atoms with Gasteiger partial charge in [0.1, 0.15) is 11.9 Å². The molecule has 40 heavy (non-hydrogen) atoms. The van der Waals surface area contributed by atoms with Gasteiger partial charge in [-0.2, -0.15) is 9.28 Å². The molecule has 2 fully saturated rings. The Labute approximate surface area is 231 Å². The van der Waals surface area contributed by atoms with Crippen molar-refractivity contribution in [3.05, 3.63) is 65.8 Å². The first kappa shape index (κ1) is 27.4. The Bertz CT molecular complexity index is 1390. The molecule has 0 bridgehead atoms. The van der Waals surface area contributed by atoms with Crippen molar-refractivity contribution in [2.24, 2.45) is 5.92 Å². The van der Waals surface area contributed by atoms with Crippen LogP contribution in [0.4, 0.5) is 26.6 Å². The van der Waals surface area contributed by atoms with E-state index in [4.69, 9.17) is 4.42 Å². The van der Waals surface area contributed by atoms with Crippen molar-refractivity contribution in [1.82, 2.24) is 10.2 Å². The molecule has 1 aliphatic heterocycles. The molecule has 0 spiro atoms. The van der Waals surface area contributed by atoms with E-state index in [1.807, 2.05) is 31.2 Å². The van der Waals surface area contributed by atoms with Crippen LogP contribution in [0.3, 0.4) is 0 Å². The fourth-order valence-corrected chi connectivity index (χ4v) is 6.01. The Hall–Kier alpha value is -4.12. The van der Waals surface area contributed by atoms with Crippen molar-refractivity contribution < 1.29 is 32.8 Å². The normalized spacial score (nSPS) is 24.4. The van der Waals surface area contributed by atoms with Crippen LogP contribution in [0.1, 0.15) is 74.0 Å². The lowest BCUT2D eigenvalue weighted by Gasteiger charge is -2.33. The number of benzene rings is 2. The van der Waals surface area contributed by atoms with E-state index >= 15 is 0 Å². The summed E-state index contributed by atoms with van der Waals surface area (Å²) in [6.07, 6.45) is 4.44. The number of aromatic nitrogens is 2. The Kier molecular flexibility index (Phi) is 7.92. The van der Waals surface area contributed by atoms with Gasteiger partial charge in [0.25, 0.3) is 0 Å². The highest BCUT2D eigenvalue weighted by Gasteiger charge is 2.52. The van der Waals surface area contributed by atoms with Crippen LogP contribution in [-0.2, 0) is 4.79 Å². The molecule has 2 aromatic carbocycles. The summed E-state index contributed by atoms with van der Waals surface area (Å²) in [6.45, 7) is 2.26. The predicted molar refractivity (Wildman–Crippen MR) is 145 cm³/mol. The number of quaternary nitrogens is 1. The summed E-state index contributed by atoms with van der Waals surface area (Å²) in [4.78, 5) is 37.7. The predicted octanol–water partition coefficient (Wildman–Crippen LogP) is 6.07. The average molecular weight is 551 g/mol. The van der Waals surface area contributed by atoms with Crippen LogP contribution >= 0.6 is 0 Å². The van der Waals surface area contributed by atoms with E-state index in [1.165, 1.54) is 12.1 Å². The highest BCUT2D eigenvalue weighted by molar-refractivity contribution is 6.00. The summed E-state index contributed by atoms with van der Waals surface area (Å²) < 4.78 is 18.7. The Morgan fingerprint density at radius 3 is 2.40 bits per heavy atom. The number of halogens is 1. The van der Waals surface area contributed by atoms with Gasteiger partial charge in [-0.25, -0.2) is 9.18 Å². The summed E-state index contributed by atoms with van der Waals surface area (Å²) in [5.41, 5.74) is 1.87. The summed E-state index contributed by atoms with van der Waals surface area (Å²) in [5.74, 6) is -0.938. The molecule has 1 aromatic heterocycles. The van der Waals surface area contributed by atoms with Gasteiger partial charge >= 0.3 is 29.8 Å². The second-order valence-electron chi connectivity index (χ2n) is 10.8. The van der Waals surface area contributed by atoms with Gasteiger partial charge in [-0.1, -0.05) is 29.4 Å². The molecule has 2 atom stereocenters. The number of para-hydroxylation sites is 1. The van der Waals surface area contributed by atoms with Gasteiger partial charge in [0.2, 0.25) is 0 Å². The molecule has 2 aliphatic rings. The molecule has 1 aliphatic carbocycles. The van der Waals surface area contributed by atoms with E-state index in [9.17, 15) is 23.9 Å². The summed E-state index contributed by atoms with van der Waals surface area (Å²) in [6, 6.07) is 13.3. The first-order chi connectivity index (χ1) is 19.3. The molecule has 3 aromatic rings. The van der Waals surface area contributed by atoms with E-state index in [0.29, 0.717) is 24.6 Å². The molecular formula is C29H33FN5O5+. The number of carboxylic acid groups (broad SMARTS) is 1. The summed E-state index contributed by atoms with van der Waals surface area (Å²) >= 11 is 0. The quantitative estimate of drug-likeness (QED) is 0.302. The maximum Gasteiger partial charge on any atom is 0.521 e. The smallest absolute Gasteiger partial charge is 0.435 e. The minimum absolute atomic E-state index is 0.0993. The zero-order valence-electron chi connectivity index (χ0n) is 22.3. The number of carbonyl (C=O) groups is 3. The number of hydrogen-bond acceptors (Lipinski definition) is 7. The number of carbonyl (C=O) groups excluding carboxylic acids is 2. The monoisotopic (exact) mass is 550 g/mol. The molecular weight excluding hydrogens is 517 g/mol. The largest absolute Gasteiger partial charge is 0.521 e. The third-order valence-electron chi connectivity index (χ3n) is 8.36. The fraction of sp³-hybridized carbons (Fsp3) is 0.414. The highest BCUT2D eigenvalue weighted by atomic mass is 19.1. The average Bonchev–Trinajstić information content (AvgIpc) is 3.58. The van der Waals surface area contributed by atoms with Gasteiger partial charge < -0.3 is 20.2 Å². The molecule has 1 unspecified atom stereocenters. The van der Waals surface area contributed by atoms with Crippen LogP contribution in [0.25, 0.3) is 0 Å². The lowest BCUT2D eigenvalue weighted by Crippen LogP contribution is -2.58. The van der Waals surface area contributed by atoms with Crippen molar-refractivity contribution in [2.75, 3.05) is 17.2 Å². The van der Waals surface area contributed by atoms with Crippen LogP contribution in [0, 0.1) is 11.7 Å². The first-order valence-corrected chi connectivity index (χ1v) is 13.7. The summed E-state index contributed by atoms with van der Waals surface area (Å²) in [5, 5.41) is 22.7. The van der Waals surface area contributed by atoms with Gasteiger partial charge in [0.15, 0.2) is 0 Å². The molecule has 5 rings (SSSR count). The first-order valence-electron chi connectivity index (χ1n) is 13.7. The molecule has 10 nitrogen and oxygen atoms in total. The van der Waals surface area contributed by atoms with Gasteiger partial charge in [-0.05, 0) is 74.3 Å². The van der Waals surface area contributed by atoms with Crippen molar-refractivity contribution >= 4 is 35.3 Å². The van der Waals surface area contributed by atoms with Crippen LogP contribution in [0.5, 0.6) is 0 Å². The maximum absolute atomic E-state index is 13.8. The van der Waals surface area contributed by atoms with Gasteiger partial charge in [0.05, 0.1) is 18.7 Å². The molecule has 11 heteroatoms.